The summed E-state index contributed by atoms with van der Waals surface area (Å²) in [6.07, 6.45) is 0. The van der Waals surface area contributed by atoms with Gasteiger partial charge in [-0.05, 0) is 37.1 Å². The molecule has 1 unspecified atom stereocenters. The zero-order valence-electron chi connectivity index (χ0n) is 10.7. The fourth-order valence-electron chi connectivity index (χ4n) is 2.02. The quantitative estimate of drug-likeness (QED) is 0.832. The Kier molecular flexibility index (Phi) is 3.72. The van der Waals surface area contributed by atoms with Crippen LogP contribution >= 0.6 is 0 Å². The standard InChI is InChI=1S/C13H18N2O3/c1-8-5-11-12(18-7-17-11)6-10(8)9(2)13(16)15-4-3-14/h5-6,9H,3-4,7,14H2,1-2H3,(H,15,16). The number of hydrogen-bond donors (Lipinski definition) is 2. The van der Waals surface area contributed by atoms with Crippen molar-refractivity contribution in [1.29, 1.82) is 0 Å². The number of ether oxygens (including phenoxy) is 2. The molecule has 1 aliphatic heterocycles. The molecule has 3 N–H and O–H groups in total. The van der Waals surface area contributed by atoms with E-state index in [1.807, 2.05) is 26.0 Å². The van der Waals surface area contributed by atoms with Crippen LogP contribution in [0.2, 0.25) is 0 Å². The first-order chi connectivity index (χ1) is 8.63. The second-order valence-corrected chi connectivity index (χ2v) is 4.36. The summed E-state index contributed by atoms with van der Waals surface area (Å²) in [5, 5.41) is 2.79. The highest BCUT2D eigenvalue weighted by Crippen LogP contribution is 2.36. The van der Waals surface area contributed by atoms with Gasteiger partial charge in [-0.15, -0.1) is 0 Å². The number of hydrogen-bond acceptors (Lipinski definition) is 4. The second-order valence-electron chi connectivity index (χ2n) is 4.36. The number of fused-ring (bicyclic) bond motifs is 1. The smallest absolute Gasteiger partial charge is 0.231 e. The molecule has 5 nitrogen and oxygen atoms in total. The topological polar surface area (TPSA) is 73.6 Å². The van der Waals surface area contributed by atoms with Crippen molar-refractivity contribution in [3.8, 4) is 11.5 Å². The monoisotopic (exact) mass is 250 g/mol. The maximum Gasteiger partial charge on any atom is 0.231 e. The van der Waals surface area contributed by atoms with Crippen molar-refractivity contribution < 1.29 is 14.3 Å². The summed E-state index contributed by atoms with van der Waals surface area (Å²) in [5.41, 5.74) is 7.34. The number of amides is 1. The highest BCUT2D eigenvalue weighted by atomic mass is 16.7. The average Bonchev–Trinajstić information content (AvgIpc) is 2.81. The van der Waals surface area contributed by atoms with Crippen molar-refractivity contribution >= 4 is 5.91 Å². The third-order valence-corrected chi connectivity index (χ3v) is 3.06. The maximum absolute atomic E-state index is 11.9. The third kappa shape index (κ3) is 2.41. The van der Waals surface area contributed by atoms with Gasteiger partial charge in [0.05, 0.1) is 5.92 Å². The Morgan fingerprint density at radius 3 is 2.78 bits per heavy atom. The molecular formula is C13H18N2O3. The van der Waals surface area contributed by atoms with Crippen LogP contribution in [-0.2, 0) is 4.79 Å². The third-order valence-electron chi connectivity index (χ3n) is 3.06. The number of nitrogens with one attached hydrogen (secondary N) is 1. The lowest BCUT2D eigenvalue weighted by Crippen LogP contribution is -2.32. The van der Waals surface area contributed by atoms with Crippen molar-refractivity contribution in [1.82, 2.24) is 5.32 Å². The van der Waals surface area contributed by atoms with Crippen LogP contribution in [0.4, 0.5) is 0 Å². The fourth-order valence-corrected chi connectivity index (χ4v) is 2.02. The number of benzene rings is 1. The van der Waals surface area contributed by atoms with Gasteiger partial charge in [0.25, 0.3) is 0 Å². The summed E-state index contributed by atoms with van der Waals surface area (Å²) in [4.78, 5) is 11.9. The minimum atomic E-state index is -0.231. The van der Waals surface area contributed by atoms with E-state index in [-0.39, 0.29) is 18.6 Å². The average molecular weight is 250 g/mol. The number of aryl methyl sites for hydroxylation is 1. The van der Waals surface area contributed by atoms with Gasteiger partial charge in [0.2, 0.25) is 12.7 Å². The van der Waals surface area contributed by atoms with E-state index in [9.17, 15) is 4.79 Å². The normalized spacial score (nSPS) is 14.4. The van der Waals surface area contributed by atoms with Crippen molar-refractivity contribution in [3.63, 3.8) is 0 Å². The zero-order chi connectivity index (χ0) is 13.1. The molecule has 0 aromatic heterocycles. The molecule has 5 heteroatoms. The van der Waals surface area contributed by atoms with Gasteiger partial charge < -0.3 is 20.5 Å². The van der Waals surface area contributed by atoms with E-state index in [1.165, 1.54) is 0 Å². The van der Waals surface area contributed by atoms with Gasteiger partial charge in [0.15, 0.2) is 11.5 Å². The predicted octanol–water partition coefficient (Wildman–Crippen LogP) is 0.902. The lowest BCUT2D eigenvalue weighted by molar-refractivity contribution is -0.122. The van der Waals surface area contributed by atoms with E-state index in [2.05, 4.69) is 5.32 Å². The molecule has 2 rings (SSSR count). The predicted molar refractivity (Wildman–Crippen MR) is 67.8 cm³/mol. The molecular weight excluding hydrogens is 232 g/mol. The highest BCUT2D eigenvalue weighted by molar-refractivity contribution is 5.83. The second kappa shape index (κ2) is 5.27. The molecule has 1 aliphatic rings. The van der Waals surface area contributed by atoms with Gasteiger partial charge in [0, 0.05) is 13.1 Å². The van der Waals surface area contributed by atoms with Gasteiger partial charge in [-0.1, -0.05) is 0 Å². The Morgan fingerprint density at radius 2 is 2.11 bits per heavy atom. The Balaban J connectivity index is 2.20. The molecule has 0 spiro atoms. The molecule has 0 radical (unpaired) electrons. The van der Waals surface area contributed by atoms with E-state index in [1.54, 1.807) is 0 Å². The number of rotatable bonds is 4. The van der Waals surface area contributed by atoms with Gasteiger partial charge >= 0.3 is 0 Å². The first kappa shape index (κ1) is 12.7. The van der Waals surface area contributed by atoms with E-state index in [4.69, 9.17) is 15.2 Å². The Labute approximate surface area is 106 Å². The van der Waals surface area contributed by atoms with Crippen LogP contribution in [-0.4, -0.2) is 25.8 Å². The fraction of sp³-hybridized carbons (Fsp3) is 0.462. The van der Waals surface area contributed by atoms with Gasteiger partial charge in [-0.3, -0.25) is 4.79 Å². The largest absolute Gasteiger partial charge is 0.454 e. The molecule has 1 aromatic rings. The first-order valence-electron chi connectivity index (χ1n) is 6.01. The molecule has 1 heterocycles. The van der Waals surface area contributed by atoms with E-state index < -0.39 is 0 Å². The lowest BCUT2D eigenvalue weighted by atomic mass is 9.95. The minimum Gasteiger partial charge on any atom is -0.454 e. The summed E-state index contributed by atoms with van der Waals surface area (Å²) in [5.74, 6) is 1.19. The van der Waals surface area contributed by atoms with Gasteiger partial charge in [-0.2, -0.15) is 0 Å². The summed E-state index contributed by atoms with van der Waals surface area (Å²) in [7, 11) is 0. The van der Waals surface area contributed by atoms with Crippen LogP contribution < -0.4 is 20.5 Å². The van der Waals surface area contributed by atoms with Crippen LogP contribution in [0.3, 0.4) is 0 Å². The number of carbonyl (C=O) groups excluding carboxylic acids is 1. The highest BCUT2D eigenvalue weighted by Gasteiger charge is 2.21. The summed E-state index contributed by atoms with van der Waals surface area (Å²) in [6, 6.07) is 3.79. The SMILES string of the molecule is Cc1cc2c(cc1C(C)C(=O)NCCN)OCO2. The van der Waals surface area contributed by atoms with Crippen molar-refractivity contribution in [3.05, 3.63) is 23.3 Å². The lowest BCUT2D eigenvalue weighted by Gasteiger charge is -2.15. The minimum absolute atomic E-state index is 0.0255. The summed E-state index contributed by atoms with van der Waals surface area (Å²) >= 11 is 0. The van der Waals surface area contributed by atoms with Crippen LogP contribution in [0.25, 0.3) is 0 Å². The Hall–Kier alpha value is -1.75. The number of carbonyl (C=O) groups is 1. The Morgan fingerprint density at radius 1 is 1.44 bits per heavy atom. The molecule has 0 fully saturated rings. The molecule has 1 aromatic carbocycles. The number of nitrogens with two attached hydrogens (primary N) is 1. The first-order valence-corrected chi connectivity index (χ1v) is 6.01. The van der Waals surface area contributed by atoms with Crippen LogP contribution in [0.1, 0.15) is 24.0 Å². The molecule has 0 saturated heterocycles. The van der Waals surface area contributed by atoms with Crippen LogP contribution in [0.5, 0.6) is 11.5 Å². The van der Waals surface area contributed by atoms with Crippen LogP contribution in [0.15, 0.2) is 12.1 Å². The summed E-state index contributed by atoms with van der Waals surface area (Å²) < 4.78 is 10.6. The van der Waals surface area contributed by atoms with Crippen molar-refractivity contribution in [2.24, 2.45) is 5.73 Å². The molecule has 0 bridgehead atoms. The summed E-state index contributed by atoms with van der Waals surface area (Å²) in [6.45, 7) is 5.01. The maximum atomic E-state index is 11.9. The molecule has 18 heavy (non-hydrogen) atoms. The molecule has 1 amide bonds. The van der Waals surface area contributed by atoms with Gasteiger partial charge in [-0.25, -0.2) is 0 Å². The van der Waals surface area contributed by atoms with Crippen LogP contribution in [0, 0.1) is 6.92 Å². The van der Waals surface area contributed by atoms with Crippen molar-refractivity contribution in [2.75, 3.05) is 19.9 Å². The van der Waals surface area contributed by atoms with E-state index in [0.717, 1.165) is 16.9 Å². The van der Waals surface area contributed by atoms with E-state index >= 15 is 0 Å². The Bertz CT molecular complexity index is 460. The molecule has 0 aliphatic carbocycles. The molecule has 0 saturated carbocycles. The van der Waals surface area contributed by atoms with Gasteiger partial charge in [0.1, 0.15) is 0 Å². The van der Waals surface area contributed by atoms with Crippen molar-refractivity contribution in [2.45, 2.75) is 19.8 Å². The van der Waals surface area contributed by atoms with E-state index in [0.29, 0.717) is 18.8 Å². The zero-order valence-corrected chi connectivity index (χ0v) is 10.7. The molecule has 1 atom stereocenters. The molecule has 98 valence electrons.